The number of fused-ring (bicyclic) bond motifs is 1. The summed E-state index contributed by atoms with van der Waals surface area (Å²) in [5, 5.41) is 0. The Hall–Kier alpha value is -1.55. The minimum Gasteiger partial charge on any atom is -0.493 e. The first-order chi connectivity index (χ1) is 7.66. The maximum atomic E-state index is 10.5. The van der Waals surface area contributed by atoms with Crippen LogP contribution in [0.3, 0.4) is 0 Å². The van der Waals surface area contributed by atoms with Gasteiger partial charge in [0.15, 0.2) is 0 Å². The molecule has 0 radical (unpaired) electrons. The molecule has 16 heavy (non-hydrogen) atoms. The largest absolute Gasteiger partial charge is 0.493 e. The van der Waals surface area contributed by atoms with Gasteiger partial charge in [0.25, 0.3) is 0 Å². The third kappa shape index (κ3) is 2.33. The lowest BCUT2D eigenvalue weighted by atomic mass is 10.1. The topological polar surface area (TPSA) is 78.3 Å². The number of hydrogen-bond acceptors (Lipinski definition) is 3. The second kappa shape index (κ2) is 4.53. The number of amides is 1. The van der Waals surface area contributed by atoms with Gasteiger partial charge in [0, 0.05) is 6.04 Å². The number of carbonyl (C=O) groups excluding carboxylic acids is 1. The van der Waals surface area contributed by atoms with Crippen molar-refractivity contribution in [2.24, 2.45) is 11.5 Å². The zero-order chi connectivity index (χ0) is 11.5. The maximum absolute atomic E-state index is 10.5. The molecule has 4 N–H and O–H groups in total. The molecule has 0 spiro atoms. The predicted molar refractivity (Wildman–Crippen MR) is 61.0 cm³/mol. The van der Waals surface area contributed by atoms with Crippen LogP contribution in [0.4, 0.5) is 0 Å². The molecule has 0 aliphatic heterocycles. The van der Waals surface area contributed by atoms with Crippen LogP contribution in [0.1, 0.15) is 30.0 Å². The molecule has 1 unspecified atom stereocenters. The zero-order valence-corrected chi connectivity index (χ0v) is 9.11. The highest BCUT2D eigenvalue weighted by Gasteiger charge is 2.18. The Labute approximate surface area is 94.6 Å². The molecule has 1 aromatic rings. The van der Waals surface area contributed by atoms with Crippen LogP contribution in [0.5, 0.6) is 5.75 Å². The Morgan fingerprint density at radius 3 is 3.06 bits per heavy atom. The summed E-state index contributed by atoms with van der Waals surface area (Å²) in [6.07, 6.45) is 2.25. The Morgan fingerprint density at radius 2 is 2.31 bits per heavy atom. The molecule has 1 aliphatic rings. The number of primary amides is 1. The molecule has 0 saturated heterocycles. The number of rotatable bonds is 4. The molecular formula is C12H16N2O2. The lowest BCUT2D eigenvalue weighted by molar-refractivity contribution is -0.118. The third-order valence-corrected chi connectivity index (χ3v) is 2.86. The SMILES string of the molecule is NC(=O)CCOc1ccc2c(c1)CCC2N. The Bertz CT molecular complexity index is 404. The molecule has 0 heterocycles. The van der Waals surface area contributed by atoms with Crippen molar-refractivity contribution >= 4 is 5.91 Å². The van der Waals surface area contributed by atoms with Gasteiger partial charge in [-0.1, -0.05) is 6.07 Å². The van der Waals surface area contributed by atoms with Crippen LogP contribution in [0.2, 0.25) is 0 Å². The summed E-state index contributed by atoms with van der Waals surface area (Å²) in [6.45, 7) is 0.334. The van der Waals surface area contributed by atoms with Crippen LogP contribution in [0.25, 0.3) is 0 Å². The van der Waals surface area contributed by atoms with E-state index in [1.807, 2.05) is 18.2 Å². The second-order valence-corrected chi connectivity index (χ2v) is 4.07. The van der Waals surface area contributed by atoms with E-state index in [1.54, 1.807) is 0 Å². The number of benzene rings is 1. The molecule has 1 aromatic carbocycles. The molecule has 0 bridgehead atoms. The van der Waals surface area contributed by atoms with Gasteiger partial charge >= 0.3 is 0 Å². The highest BCUT2D eigenvalue weighted by Crippen LogP contribution is 2.31. The Balaban J connectivity index is 1.99. The van der Waals surface area contributed by atoms with Crippen molar-refractivity contribution in [3.05, 3.63) is 29.3 Å². The van der Waals surface area contributed by atoms with E-state index in [9.17, 15) is 4.79 Å². The summed E-state index contributed by atoms with van der Waals surface area (Å²) >= 11 is 0. The van der Waals surface area contributed by atoms with E-state index >= 15 is 0 Å². The number of nitrogens with two attached hydrogens (primary N) is 2. The molecule has 0 aromatic heterocycles. The van der Waals surface area contributed by atoms with Crippen LogP contribution in [-0.2, 0) is 11.2 Å². The van der Waals surface area contributed by atoms with Crippen LogP contribution in [0.15, 0.2) is 18.2 Å². The van der Waals surface area contributed by atoms with Gasteiger partial charge in [0.1, 0.15) is 5.75 Å². The van der Waals surface area contributed by atoms with Crippen LogP contribution in [0, 0.1) is 0 Å². The molecule has 4 heteroatoms. The van der Waals surface area contributed by atoms with E-state index in [0.717, 1.165) is 18.6 Å². The third-order valence-electron chi connectivity index (χ3n) is 2.86. The number of ether oxygens (including phenoxy) is 1. The molecule has 1 amide bonds. The zero-order valence-electron chi connectivity index (χ0n) is 9.11. The summed E-state index contributed by atoms with van der Waals surface area (Å²) in [5.41, 5.74) is 13.4. The van der Waals surface area contributed by atoms with Crippen molar-refractivity contribution in [3.63, 3.8) is 0 Å². The van der Waals surface area contributed by atoms with Gasteiger partial charge in [0.2, 0.25) is 5.91 Å². The molecule has 2 rings (SSSR count). The first kappa shape index (κ1) is 11.0. The fraction of sp³-hybridized carbons (Fsp3) is 0.417. The highest BCUT2D eigenvalue weighted by atomic mass is 16.5. The van der Waals surface area contributed by atoms with Crippen molar-refractivity contribution in [3.8, 4) is 5.75 Å². The van der Waals surface area contributed by atoms with Gasteiger partial charge in [-0.25, -0.2) is 0 Å². The van der Waals surface area contributed by atoms with Crippen molar-refractivity contribution < 1.29 is 9.53 Å². The van der Waals surface area contributed by atoms with Gasteiger partial charge in [0.05, 0.1) is 13.0 Å². The van der Waals surface area contributed by atoms with E-state index in [-0.39, 0.29) is 18.4 Å². The molecule has 0 fully saturated rings. The number of carbonyl (C=O) groups is 1. The van der Waals surface area contributed by atoms with Crippen molar-refractivity contribution in [1.29, 1.82) is 0 Å². The van der Waals surface area contributed by atoms with Crippen LogP contribution in [-0.4, -0.2) is 12.5 Å². The van der Waals surface area contributed by atoms with Crippen LogP contribution < -0.4 is 16.2 Å². The minimum absolute atomic E-state index is 0.162. The fourth-order valence-electron chi connectivity index (χ4n) is 1.99. The standard InChI is InChI=1S/C12H16N2O2/c13-11-4-1-8-7-9(2-3-10(8)11)16-6-5-12(14)15/h2-3,7,11H,1,4-6,13H2,(H2,14,15). The Kier molecular flexibility index (Phi) is 3.10. The lowest BCUT2D eigenvalue weighted by Gasteiger charge is -2.08. The van der Waals surface area contributed by atoms with Gasteiger partial charge in [-0.05, 0) is 36.1 Å². The Morgan fingerprint density at radius 1 is 1.50 bits per heavy atom. The summed E-state index contributed by atoms with van der Waals surface area (Å²) in [7, 11) is 0. The van der Waals surface area contributed by atoms with Crippen LogP contribution >= 0.6 is 0 Å². The van der Waals surface area contributed by atoms with E-state index in [0.29, 0.717) is 6.61 Å². The summed E-state index contributed by atoms with van der Waals surface area (Å²) in [4.78, 5) is 10.5. The van der Waals surface area contributed by atoms with E-state index in [1.165, 1.54) is 11.1 Å². The lowest BCUT2D eigenvalue weighted by Crippen LogP contribution is -2.14. The van der Waals surface area contributed by atoms with E-state index in [2.05, 4.69) is 0 Å². The smallest absolute Gasteiger partial charge is 0.220 e. The van der Waals surface area contributed by atoms with Gasteiger partial charge in [-0.3, -0.25) is 4.79 Å². The number of hydrogen-bond donors (Lipinski definition) is 2. The van der Waals surface area contributed by atoms with Gasteiger partial charge < -0.3 is 16.2 Å². The quantitative estimate of drug-likeness (QED) is 0.790. The fourth-order valence-corrected chi connectivity index (χ4v) is 1.99. The number of aryl methyl sites for hydroxylation is 1. The summed E-state index contributed by atoms with van der Waals surface area (Å²) < 4.78 is 5.44. The molecule has 0 saturated carbocycles. The minimum atomic E-state index is -0.344. The van der Waals surface area contributed by atoms with Gasteiger partial charge in [-0.15, -0.1) is 0 Å². The predicted octanol–water partition coefficient (Wildman–Crippen LogP) is 0.887. The monoisotopic (exact) mass is 220 g/mol. The average molecular weight is 220 g/mol. The first-order valence-electron chi connectivity index (χ1n) is 5.46. The normalized spacial score (nSPS) is 18.2. The summed E-state index contributed by atoms with van der Waals surface area (Å²) in [6, 6.07) is 6.07. The van der Waals surface area contributed by atoms with Crippen molar-refractivity contribution in [1.82, 2.24) is 0 Å². The molecule has 1 atom stereocenters. The summed E-state index contributed by atoms with van der Waals surface area (Å²) in [5.74, 6) is 0.442. The van der Waals surface area contributed by atoms with Crippen molar-refractivity contribution in [2.45, 2.75) is 25.3 Å². The van der Waals surface area contributed by atoms with Gasteiger partial charge in [-0.2, -0.15) is 0 Å². The molecular weight excluding hydrogens is 204 g/mol. The molecule has 86 valence electrons. The van der Waals surface area contributed by atoms with E-state index in [4.69, 9.17) is 16.2 Å². The second-order valence-electron chi connectivity index (χ2n) is 4.07. The van der Waals surface area contributed by atoms with Crippen molar-refractivity contribution in [2.75, 3.05) is 6.61 Å². The maximum Gasteiger partial charge on any atom is 0.220 e. The first-order valence-corrected chi connectivity index (χ1v) is 5.46. The molecule has 4 nitrogen and oxygen atoms in total. The average Bonchev–Trinajstić information content (AvgIpc) is 2.60. The molecule has 1 aliphatic carbocycles. The highest BCUT2D eigenvalue weighted by molar-refractivity contribution is 5.73. The van der Waals surface area contributed by atoms with E-state index < -0.39 is 0 Å².